The van der Waals surface area contributed by atoms with Crippen molar-refractivity contribution in [1.29, 1.82) is 0 Å². The zero-order valence-corrected chi connectivity index (χ0v) is 7.83. The molecule has 0 amide bonds. The van der Waals surface area contributed by atoms with Gasteiger partial charge in [-0.15, -0.1) is 0 Å². The van der Waals surface area contributed by atoms with E-state index >= 15 is 0 Å². The third-order valence-corrected chi connectivity index (χ3v) is 2.05. The van der Waals surface area contributed by atoms with Crippen molar-refractivity contribution in [2.45, 2.75) is 0 Å². The number of aromatic nitrogens is 1. The molecule has 2 rings (SSSR count). The maximum atomic E-state index is 13.5. The summed E-state index contributed by atoms with van der Waals surface area (Å²) in [6.45, 7) is 0. The highest BCUT2D eigenvalue weighted by Crippen LogP contribution is 2.21. The molecular formula is C11H9FN2O. The van der Waals surface area contributed by atoms with Gasteiger partial charge >= 0.3 is 0 Å². The lowest BCUT2D eigenvalue weighted by Gasteiger charge is -2.03. The summed E-state index contributed by atoms with van der Waals surface area (Å²) in [5.74, 6) is -0.447. The van der Waals surface area contributed by atoms with Crippen molar-refractivity contribution in [3.63, 3.8) is 0 Å². The largest absolute Gasteiger partial charge is 0.399 e. The van der Waals surface area contributed by atoms with Gasteiger partial charge in [-0.2, -0.15) is 0 Å². The lowest BCUT2D eigenvalue weighted by molar-refractivity contribution is 0.631. The number of hydrogen-bond acceptors (Lipinski definition) is 2. The molecule has 15 heavy (non-hydrogen) atoms. The Morgan fingerprint density at radius 3 is 2.67 bits per heavy atom. The number of nitrogen functional groups attached to an aromatic ring is 1. The van der Waals surface area contributed by atoms with E-state index in [2.05, 4.69) is 4.98 Å². The van der Waals surface area contributed by atoms with Crippen LogP contribution in [0, 0.1) is 5.82 Å². The van der Waals surface area contributed by atoms with E-state index in [0.29, 0.717) is 16.9 Å². The molecule has 0 saturated carbocycles. The molecule has 0 aliphatic carbocycles. The second-order valence-corrected chi connectivity index (χ2v) is 3.17. The Bertz CT molecular complexity index is 548. The topological polar surface area (TPSA) is 58.9 Å². The molecule has 3 N–H and O–H groups in total. The standard InChI is InChI=1S/C11H9FN2O/c12-9-6-7(13)4-5-8(9)10-2-1-3-11(15)14-10/h1-6H,13H2,(H,14,15). The van der Waals surface area contributed by atoms with Gasteiger partial charge in [0.25, 0.3) is 0 Å². The van der Waals surface area contributed by atoms with Crippen LogP contribution < -0.4 is 11.3 Å². The Morgan fingerprint density at radius 1 is 1.20 bits per heavy atom. The van der Waals surface area contributed by atoms with E-state index in [1.807, 2.05) is 0 Å². The number of pyridine rings is 1. The summed E-state index contributed by atoms with van der Waals surface area (Å²) in [4.78, 5) is 13.6. The molecule has 1 aromatic heterocycles. The molecule has 2 aromatic rings. The van der Waals surface area contributed by atoms with Gasteiger partial charge in [-0.05, 0) is 24.3 Å². The molecule has 0 bridgehead atoms. The molecule has 1 heterocycles. The van der Waals surface area contributed by atoms with Gasteiger partial charge in [-0.3, -0.25) is 4.79 Å². The van der Waals surface area contributed by atoms with Crippen molar-refractivity contribution in [2.24, 2.45) is 0 Å². The van der Waals surface area contributed by atoms with Crippen LogP contribution >= 0.6 is 0 Å². The average Bonchev–Trinajstić information content (AvgIpc) is 2.17. The van der Waals surface area contributed by atoms with E-state index in [1.54, 1.807) is 18.2 Å². The Morgan fingerprint density at radius 2 is 2.00 bits per heavy atom. The first-order chi connectivity index (χ1) is 7.16. The predicted octanol–water partition coefficient (Wildman–Crippen LogP) is 1.76. The van der Waals surface area contributed by atoms with Crippen LogP contribution in [0.25, 0.3) is 11.3 Å². The highest BCUT2D eigenvalue weighted by molar-refractivity contribution is 5.62. The van der Waals surface area contributed by atoms with Gasteiger partial charge in [-0.25, -0.2) is 4.39 Å². The molecule has 0 atom stereocenters. The smallest absolute Gasteiger partial charge is 0.248 e. The van der Waals surface area contributed by atoms with Gasteiger partial charge in [0.2, 0.25) is 5.56 Å². The molecule has 0 spiro atoms. The summed E-state index contributed by atoms with van der Waals surface area (Å²) in [6, 6.07) is 8.93. The average molecular weight is 204 g/mol. The Hall–Kier alpha value is -2.10. The van der Waals surface area contributed by atoms with Gasteiger partial charge in [0.15, 0.2) is 0 Å². The summed E-state index contributed by atoms with van der Waals surface area (Å²) in [5, 5.41) is 0. The summed E-state index contributed by atoms with van der Waals surface area (Å²) >= 11 is 0. The van der Waals surface area contributed by atoms with Crippen molar-refractivity contribution in [2.75, 3.05) is 5.73 Å². The fourth-order valence-electron chi connectivity index (χ4n) is 1.35. The molecule has 4 heteroatoms. The highest BCUT2D eigenvalue weighted by Gasteiger charge is 2.05. The van der Waals surface area contributed by atoms with E-state index in [0.717, 1.165) is 0 Å². The van der Waals surface area contributed by atoms with Crippen LogP contribution in [0.3, 0.4) is 0 Å². The molecular weight excluding hydrogens is 195 g/mol. The second kappa shape index (κ2) is 3.57. The van der Waals surface area contributed by atoms with Crippen molar-refractivity contribution >= 4 is 5.69 Å². The molecule has 76 valence electrons. The number of aromatic amines is 1. The van der Waals surface area contributed by atoms with Gasteiger partial charge in [0.05, 0.1) is 5.69 Å². The lowest BCUT2D eigenvalue weighted by Crippen LogP contribution is -2.04. The minimum Gasteiger partial charge on any atom is -0.399 e. The molecule has 0 aliphatic heterocycles. The maximum Gasteiger partial charge on any atom is 0.248 e. The van der Waals surface area contributed by atoms with Gasteiger partial charge in [0, 0.05) is 17.3 Å². The third kappa shape index (κ3) is 1.88. The van der Waals surface area contributed by atoms with Gasteiger partial charge < -0.3 is 10.7 Å². The van der Waals surface area contributed by atoms with Crippen LogP contribution in [-0.4, -0.2) is 4.98 Å². The number of hydrogen-bond donors (Lipinski definition) is 2. The number of nitrogens with one attached hydrogen (secondary N) is 1. The minimum absolute atomic E-state index is 0.260. The summed E-state index contributed by atoms with van der Waals surface area (Å²) in [6.07, 6.45) is 0. The number of anilines is 1. The van der Waals surface area contributed by atoms with E-state index in [-0.39, 0.29) is 5.56 Å². The number of rotatable bonds is 1. The Kier molecular flexibility index (Phi) is 2.25. The summed E-state index contributed by atoms with van der Waals surface area (Å²) in [7, 11) is 0. The lowest BCUT2D eigenvalue weighted by atomic mass is 10.1. The third-order valence-electron chi connectivity index (χ3n) is 2.05. The van der Waals surface area contributed by atoms with Gasteiger partial charge in [-0.1, -0.05) is 6.07 Å². The molecule has 0 saturated heterocycles. The van der Waals surface area contributed by atoms with Gasteiger partial charge in [0.1, 0.15) is 5.82 Å². The molecule has 0 unspecified atom stereocenters. The maximum absolute atomic E-state index is 13.5. The van der Waals surface area contributed by atoms with Crippen LogP contribution in [0.5, 0.6) is 0 Å². The highest BCUT2D eigenvalue weighted by atomic mass is 19.1. The Labute approximate surface area is 85.4 Å². The van der Waals surface area contributed by atoms with Crippen molar-refractivity contribution in [1.82, 2.24) is 4.98 Å². The molecule has 1 aromatic carbocycles. The normalized spacial score (nSPS) is 10.2. The summed E-state index contributed by atoms with van der Waals surface area (Å²) < 4.78 is 13.5. The monoisotopic (exact) mass is 204 g/mol. The SMILES string of the molecule is Nc1ccc(-c2cccc(=O)[nH]2)c(F)c1. The van der Waals surface area contributed by atoms with Crippen LogP contribution in [0.15, 0.2) is 41.2 Å². The zero-order valence-electron chi connectivity index (χ0n) is 7.83. The second-order valence-electron chi connectivity index (χ2n) is 3.17. The quantitative estimate of drug-likeness (QED) is 0.695. The van der Waals surface area contributed by atoms with Crippen molar-refractivity contribution in [3.8, 4) is 11.3 Å². The molecule has 3 nitrogen and oxygen atoms in total. The molecule has 0 fully saturated rings. The van der Waals surface area contributed by atoms with Crippen LogP contribution in [0.1, 0.15) is 0 Å². The molecule has 0 radical (unpaired) electrons. The van der Waals surface area contributed by atoms with Crippen LogP contribution in [0.4, 0.5) is 10.1 Å². The fourth-order valence-corrected chi connectivity index (χ4v) is 1.35. The van der Waals surface area contributed by atoms with Crippen LogP contribution in [-0.2, 0) is 0 Å². The first-order valence-corrected chi connectivity index (χ1v) is 4.41. The van der Waals surface area contributed by atoms with Crippen LogP contribution in [0.2, 0.25) is 0 Å². The van der Waals surface area contributed by atoms with Crippen molar-refractivity contribution < 1.29 is 4.39 Å². The first kappa shape index (κ1) is 9.45. The number of H-pyrrole nitrogens is 1. The Balaban J connectivity index is 2.59. The van der Waals surface area contributed by atoms with E-state index in [1.165, 1.54) is 18.2 Å². The zero-order chi connectivity index (χ0) is 10.8. The minimum atomic E-state index is -0.447. The van der Waals surface area contributed by atoms with E-state index in [4.69, 9.17) is 5.73 Å². The van der Waals surface area contributed by atoms with E-state index in [9.17, 15) is 9.18 Å². The number of nitrogens with two attached hydrogens (primary N) is 1. The van der Waals surface area contributed by atoms with E-state index < -0.39 is 5.82 Å². The van der Waals surface area contributed by atoms with Crippen molar-refractivity contribution in [3.05, 3.63) is 52.6 Å². The molecule has 0 aliphatic rings. The summed E-state index contributed by atoms with van der Waals surface area (Å²) in [5.41, 5.74) is 6.30. The number of benzene rings is 1. The first-order valence-electron chi connectivity index (χ1n) is 4.41. The number of halogens is 1. The fraction of sp³-hybridized carbons (Fsp3) is 0. The predicted molar refractivity (Wildman–Crippen MR) is 56.9 cm³/mol.